The second-order valence-electron chi connectivity index (χ2n) is 6.55. The van der Waals surface area contributed by atoms with E-state index in [1.54, 1.807) is 6.20 Å². The van der Waals surface area contributed by atoms with E-state index in [4.69, 9.17) is 0 Å². The first-order valence-electron chi connectivity index (χ1n) is 8.03. The molecule has 1 saturated heterocycles. The molecule has 0 spiro atoms. The maximum Gasteiger partial charge on any atom is 0.254 e. The van der Waals surface area contributed by atoms with Crippen LogP contribution in [0.2, 0.25) is 0 Å². The molecule has 1 saturated carbocycles. The van der Waals surface area contributed by atoms with Gasteiger partial charge in [0, 0.05) is 30.2 Å². The Labute approximate surface area is 129 Å². The van der Waals surface area contributed by atoms with Gasteiger partial charge in [0.05, 0.1) is 11.1 Å². The molecule has 4 heteroatoms. The van der Waals surface area contributed by atoms with Gasteiger partial charge in [0.2, 0.25) is 0 Å². The monoisotopic (exact) mass is 296 g/mol. The van der Waals surface area contributed by atoms with Crippen LogP contribution in [0, 0.1) is 5.92 Å². The third-order valence-electron chi connectivity index (χ3n) is 5.18. The van der Waals surface area contributed by atoms with E-state index in [0.717, 1.165) is 55.2 Å². The normalized spacial score (nSPS) is 21.0. The van der Waals surface area contributed by atoms with Crippen molar-refractivity contribution >= 4 is 16.8 Å². The molecule has 0 atom stereocenters. The second-order valence-corrected chi connectivity index (χ2v) is 6.55. The number of hydrogen-bond acceptors (Lipinski definition) is 3. The predicted octanol–water partition coefficient (Wildman–Crippen LogP) is 2.61. The van der Waals surface area contributed by atoms with E-state index in [0.29, 0.717) is 5.92 Å². The number of carbonyl (C=O) groups excluding carboxylic acids is 1. The van der Waals surface area contributed by atoms with Gasteiger partial charge in [-0.15, -0.1) is 0 Å². The molecule has 1 amide bonds. The molecule has 114 valence electrons. The lowest BCUT2D eigenvalue weighted by Gasteiger charge is -2.34. The highest BCUT2D eigenvalue weighted by Crippen LogP contribution is 2.46. The van der Waals surface area contributed by atoms with Crippen molar-refractivity contribution in [3.8, 4) is 0 Å². The summed E-state index contributed by atoms with van der Waals surface area (Å²) >= 11 is 0. The summed E-state index contributed by atoms with van der Waals surface area (Å²) in [5.74, 6) is 0.450. The van der Waals surface area contributed by atoms with E-state index < -0.39 is 5.60 Å². The summed E-state index contributed by atoms with van der Waals surface area (Å²) in [6, 6.07) is 9.53. The van der Waals surface area contributed by atoms with Gasteiger partial charge in [0.25, 0.3) is 5.91 Å². The third-order valence-corrected chi connectivity index (χ3v) is 5.18. The molecule has 4 rings (SSSR count). The summed E-state index contributed by atoms with van der Waals surface area (Å²) in [5, 5.41) is 11.1. The lowest BCUT2D eigenvalue weighted by molar-refractivity contribution is 0.0341. The first-order chi connectivity index (χ1) is 10.7. The topological polar surface area (TPSA) is 53.4 Å². The Morgan fingerprint density at radius 1 is 1.18 bits per heavy atom. The number of fused-ring (bicyclic) bond motifs is 1. The van der Waals surface area contributed by atoms with Gasteiger partial charge in [0.15, 0.2) is 0 Å². The van der Waals surface area contributed by atoms with Crippen molar-refractivity contribution in [2.45, 2.75) is 31.3 Å². The molecule has 0 radical (unpaired) electrons. The van der Waals surface area contributed by atoms with Crippen LogP contribution in [0.4, 0.5) is 0 Å². The van der Waals surface area contributed by atoms with Crippen molar-refractivity contribution in [2.24, 2.45) is 5.92 Å². The molecule has 0 unspecified atom stereocenters. The first-order valence-corrected chi connectivity index (χ1v) is 8.03. The quantitative estimate of drug-likeness (QED) is 0.927. The highest BCUT2D eigenvalue weighted by Gasteiger charge is 2.48. The largest absolute Gasteiger partial charge is 0.390 e. The summed E-state index contributed by atoms with van der Waals surface area (Å²) in [4.78, 5) is 19.1. The molecule has 1 N–H and O–H groups in total. The number of carbonyl (C=O) groups is 1. The van der Waals surface area contributed by atoms with Crippen LogP contribution >= 0.6 is 0 Å². The van der Waals surface area contributed by atoms with Crippen molar-refractivity contribution in [3.05, 3.63) is 42.1 Å². The van der Waals surface area contributed by atoms with Gasteiger partial charge >= 0.3 is 0 Å². The van der Waals surface area contributed by atoms with E-state index in [1.165, 1.54) is 0 Å². The molecule has 2 aliphatic rings. The first kappa shape index (κ1) is 13.7. The zero-order valence-electron chi connectivity index (χ0n) is 12.5. The number of piperidine rings is 1. The number of rotatable bonds is 2. The van der Waals surface area contributed by atoms with Gasteiger partial charge < -0.3 is 10.0 Å². The fourth-order valence-electron chi connectivity index (χ4n) is 3.62. The Morgan fingerprint density at radius 3 is 2.68 bits per heavy atom. The number of nitrogens with zero attached hydrogens (tertiary/aromatic N) is 2. The number of amides is 1. The maximum atomic E-state index is 12.8. The van der Waals surface area contributed by atoms with Crippen LogP contribution in [0.25, 0.3) is 10.9 Å². The van der Waals surface area contributed by atoms with E-state index in [9.17, 15) is 9.90 Å². The minimum absolute atomic E-state index is 0.0832. The smallest absolute Gasteiger partial charge is 0.254 e. The standard InChI is InChI=1S/C18H20N2O2/c21-17(15-3-1-5-16-14(15)4-2-10-19-16)20-11-6-13(7-12-20)18(22)8-9-18/h1-5,10,13,22H,6-9,11-12H2. The zero-order chi connectivity index (χ0) is 15.2. The molecule has 22 heavy (non-hydrogen) atoms. The molecule has 0 bridgehead atoms. The zero-order valence-corrected chi connectivity index (χ0v) is 12.5. The van der Waals surface area contributed by atoms with Crippen LogP contribution in [-0.4, -0.2) is 39.6 Å². The molecular formula is C18H20N2O2. The molecule has 2 fully saturated rings. The second kappa shape index (κ2) is 5.06. The van der Waals surface area contributed by atoms with E-state index >= 15 is 0 Å². The fourth-order valence-corrected chi connectivity index (χ4v) is 3.62. The predicted molar refractivity (Wildman–Crippen MR) is 84.6 cm³/mol. The number of pyridine rings is 1. The molecule has 2 aromatic rings. The number of aliphatic hydroxyl groups is 1. The van der Waals surface area contributed by atoms with E-state index in [-0.39, 0.29) is 5.91 Å². The Kier molecular flexibility index (Phi) is 3.15. The highest BCUT2D eigenvalue weighted by molar-refractivity contribution is 6.06. The fraction of sp³-hybridized carbons (Fsp3) is 0.444. The van der Waals surface area contributed by atoms with Gasteiger partial charge in [-0.3, -0.25) is 9.78 Å². The maximum absolute atomic E-state index is 12.8. The van der Waals surface area contributed by atoms with Crippen molar-refractivity contribution in [3.63, 3.8) is 0 Å². The average Bonchev–Trinajstić information content (AvgIpc) is 3.33. The molecule has 1 aliphatic carbocycles. The molecule has 1 aromatic heterocycles. The van der Waals surface area contributed by atoms with Crippen molar-refractivity contribution in [2.75, 3.05) is 13.1 Å². The van der Waals surface area contributed by atoms with Gasteiger partial charge in [0.1, 0.15) is 0 Å². The summed E-state index contributed by atoms with van der Waals surface area (Å²) in [6.45, 7) is 1.48. The Hall–Kier alpha value is -1.94. The van der Waals surface area contributed by atoms with Crippen molar-refractivity contribution < 1.29 is 9.90 Å². The molecule has 4 nitrogen and oxygen atoms in total. The lowest BCUT2D eigenvalue weighted by Crippen LogP contribution is -2.41. The Morgan fingerprint density at radius 2 is 1.95 bits per heavy atom. The summed E-state index contributed by atoms with van der Waals surface area (Å²) < 4.78 is 0. The summed E-state index contributed by atoms with van der Waals surface area (Å²) in [6.07, 6.45) is 5.43. The van der Waals surface area contributed by atoms with Gasteiger partial charge in [-0.25, -0.2) is 0 Å². The summed E-state index contributed by atoms with van der Waals surface area (Å²) in [5.41, 5.74) is 1.17. The van der Waals surface area contributed by atoms with Crippen LogP contribution in [-0.2, 0) is 0 Å². The van der Waals surface area contributed by atoms with Crippen LogP contribution in [0.3, 0.4) is 0 Å². The average molecular weight is 296 g/mol. The number of hydrogen-bond donors (Lipinski definition) is 1. The van der Waals surface area contributed by atoms with Crippen molar-refractivity contribution in [1.29, 1.82) is 0 Å². The minimum atomic E-state index is -0.418. The third kappa shape index (κ3) is 2.28. The minimum Gasteiger partial charge on any atom is -0.390 e. The number of benzene rings is 1. The molecule has 1 aliphatic heterocycles. The van der Waals surface area contributed by atoms with Gasteiger partial charge in [-0.2, -0.15) is 0 Å². The molecular weight excluding hydrogens is 276 g/mol. The van der Waals surface area contributed by atoms with Crippen LogP contribution < -0.4 is 0 Å². The molecule has 1 aromatic carbocycles. The Balaban J connectivity index is 1.54. The number of aromatic nitrogens is 1. The Bertz CT molecular complexity index is 711. The van der Waals surface area contributed by atoms with Gasteiger partial charge in [-0.05, 0) is 49.8 Å². The SMILES string of the molecule is O=C(c1cccc2ncccc12)N1CCC(C2(O)CC2)CC1. The van der Waals surface area contributed by atoms with Crippen molar-refractivity contribution in [1.82, 2.24) is 9.88 Å². The van der Waals surface area contributed by atoms with E-state index in [2.05, 4.69) is 4.98 Å². The molecule has 2 heterocycles. The van der Waals surface area contributed by atoms with Crippen LogP contribution in [0.15, 0.2) is 36.5 Å². The van der Waals surface area contributed by atoms with Crippen LogP contribution in [0.5, 0.6) is 0 Å². The highest BCUT2D eigenvalue weighted by atomic mass is 16.3. The van der Waals surface area contributed by atoms with Gasteiger partial charge in [-0.1, -0.05) is 12.1 Å². The van der Waals surface area contributed by atoms with Crippen LogP contribution in [0.1, 0.15) is 36.0 Å². The number of likely N-dealkylation sites (tertiary alicyclic amines) is 1. The lowest BCUT2D eigenvalue weighted by atomic mass is 9.89. The van der Waals surface area contributed by atoms with E-state index in [1.807, 2.05) is 35.2 Å². The summed E-state index contributed by atoms with van der Waals surface area (Å²) in [7, 11) is 0.